The normalized spacial score (nSPS) is 18.1. The highest BCUT2D eigenvalue weighted by atomic mass is 35.5. The second kappa shape index (κ2) is 5.39. The lowest BCUT2D eigenvalue weighted by atomic mass is 10.1. The Hall–Kier alpha value is -2.33. The average molecular weight is 326 g/mol. The second-order valence-corrected chi connectivity index (χ2v) is 6.39. The lowest BCUT2D eigenvalue weighted by Crippen LogP contribution is -2.24. The van der Waals surface area contributed by atoms with E-state index in [0.29, 0.717) is 18.0 Å². The maximum absolute atomic E-state index is 12.4. The molecule has 1 aromatic heterocycles. The molecule has 1 fully saturated rings. The Morgan fingerprint density at radius 1 is 1.26 bits per heavy atom. The number of rotatable bonds is 2. The molecule has 1 unspecified atom stereocenters. The highest BCUT2D eigenvalue weighted by molar-refractivity contribution is 6.31. The molecule has 1 aliphatic heterocycles. The summed E-state index contributed by atoms with van der Waals surface area (Å²) in [6, 6.07) is 13.6. The molecule has 3 aromatic rings. The third kappa shape index (κ3) is 2.49. The van der Waals surface area contributed by atoms with E-state index in [1.54, 1.807) is 0 Å². The fraction of sp³-hybridized carbons (Fsp3) is 0.222. The van der Waals surface area contributed by atoms with Gasteiger partial charge in [-0.3, -0.25) is 4.79 Å². The summed E-state index contributed by atoms with van der Waals surface area (Å²) in [7, 11) is 0. The number of aromatic amines is 1. The number of carbonyl (C=O) groups excluding carboxylic acids is 1. The predicted octanol–water partition coefficient (Wildman–Crippen LogP) is 4.05. The zero-order valence-corrected chi connectivity index (χ0v) is 13.5. The Bertz CT molecular complexity index is 869. The van der Waals surface area contributed by atoms with Gasteiger partial charge in [0.1, 0.15) is 5.82 Å². The topological polar surface area (TPSA) is 49.0 Å². The Kier molecular flexibility index (Phi) is 3.34. The number of aryl methyl sites for hydroxylation is 1. The number of amides is 1. The maximum Gasteiger partial charge on any atom is 0.227 e. The van der Waals surface area contributed by atoms with Crippen molar-refractivity contribution in [2.24, 2.45) is 0 Å². The van der Waals surface area contributed by atoms with Crippen LogP contribution in [0, 0.1) is 6.92 Å². The van der Waals surface area contributed by atoms with Crippen molar-refractivity contribution in [1.82, 2.24) is 9.97 Å². The lowest BCUT2D eigenvalue weighted by molar-refractivity contribution is -0.117. The van der Waals surface area contributed by atoms with Crippen molar-refractivity contribution in [3.63, 3.8) is 0 Å². The van der Waals surface area contributed by atoms with Crippen molar-refractivity contribution in [2.45, 2.75) is 19.3 Å². The molecule has 2 heterocycles. The zero-order chi connectivity index (χ0) is 16.0. The molecule has 0 aliphatic carbocycles. The number of anilines is 1. The van der Waals surface area contributed by atoms with Gasteiger partial charge in [-0.1, -0.05) is 23.7 Å². The van der Waals surface area contributed by atoms with Crippen LogP contribution in [-0.4, -0.2) is 22.4 Å². The molecular formula is C18H16ClN3O. The number of carbonyl (C=O) groups is 1. The van der Waals surface area contributed by atoms with Gasteiger partial charge in [-0.25, -0.2) is 4.98 Å². The molecule has 0 saturated carbocycles. The molecule has 2 aromatic carbocycles. The molecular weight excluding hydrogens is 310 g/mol. The number of nitrogens with one attached hydrogen (secondary N) is 1. The third-order valence-corrected chi connectivity index (χ3v) is 4.80. The maximum atomic E-state index is 12.4. The first kappa shape index (κ1) is 14.3. The molecule has 1 atom stereocenters. The summed E-state index contributed by atoms with van der Waals surface area (Å²) < 4.78 is 0. The molecule has 0 spiro atoms. The summed E-state index contributed by atoms with van der Waals surface area (Å²) in [5.41, 5.74) is 3.83. The van der Waals surface area contributed by atoms with Crippen LogP contribution in [0.25, 0.3) is 11.0 Å². The molecule has 1 N–H and O–H groups in total. The van der Waals surface area contributed by atoms with Gasteiger partial charge in [0.2, 0.25) is 5.91 Å². The first-order chi connectivity index (χ1) is 11.1. The molecule has 1 saturated heterocycles. The molecule has 1 aliphatic rings. The number of fused-ring (bicyclic) bond motifs is 1. The van der Waals surface area contributed by atoms with Gasteiger partial charge in [-0.2, -0.15) is 0 Å². The number of H-pyrrole nitrogens is 1. The number of para-hydroxylation sites is 2. The van der Waals surface area contributed by atoms with Gasteiger partial charge in [0.15, 0.2) is 0 Å². The van der Waals surface area contributed by atoms with Crippen LogP contribution in [0.15, 0.2) is 42.5 Å². The summed E-state index contributed by atoms with van der Waals surface area (Å²) in [6.45, 7) is 2.59. The average Bonchev–Trinajstić information content (AvgIpc) is 3.13. The standard InChI is InChI=1S/C18H16ClN3O/c1-11-8-13(6-7-14(11)19)22-10-12(9-17(22)23)18-20-15-4-2-3-5-16(15)21-18/h2-8,12H,9-10H2,1H3,(H,20,21). The number of benzene rings is 2. The highest BCUT2D eigenvalue weighted by Crippen LogP contribution is 2.32. The van der Waals surface area contributed by atoms with Crippen molar-refractivity contribution in [3.05, 3.63) is 58.9 Å². The number of aromatic nitrogens is 2. The van der Waals surface area contributed by atoms with Gasteiger partial charge in [-0.05, 0) is 42.8 Å². The quantitative estimate of drug-likeness (QED) is 0.773. The van der Waals surface area contributed by atoms with E-state index < -0.39 is 0 Å². The van der Waals surface area contributed by atoms with Gasteiger partial charge in [-0.15, -0.1) is 0 Å². The van der Waals surface area contributed by atoms with Crippen molar-refractivity contribution >= 4 is 34.2 Å². The molecule has 1 amide bonds. The molecule has 4 nitrogen and oxygen atoms in total. The minimum Gasteiger partial charge on any atom is -0.342 e. The minimum absolute atomic E-state index is 0.0888. The molecule has 23 heavy (non-hydrogen) atoms. The first-order valence-corrected chi connectivity index (χ1v) is 8.01. The van der Waals surface area contributed by atoms with Crippen LogP contribution in [0.2, 0.25) is 5.02 Å². The molecule has 4 rings (SSSR count). The fourth-order valence-electron chi connectivity index (χ4n) is 3.10. The fourth-order valence-corrected chi connectivity index (χ4v) is 3.22. The molecule has 0 radical (unpaired) electrons. The van der Waals surface area contributed by atoms with E-state index in [1.165, 1.54) is 0 Å². The summed E-state index contributed by atoms with van der Waals surface area (Å²) in [4.78, 5) is 22.2. The Labute approximate surface area is 139 Å². The Balaban J connectivity index is 1.63. The second-order valence-electron chi connectivity index (χ2n) is 5.98. The number of nitrogens with zero attached hydrogens (tertiary/aromatic N) is 2. The third-order valence-electron chi connectivity index (χ3n) is 4.37. The van der Waals surface area contributed by atoms with E-state index >= 15 is 0 Å². The Morgan fingerprint density at radius 2 is 2.09 bits per heavy atom. The van der Waals surface area contributed by atoms with Gasteiger partial charge in [0.25, 0.3) is 0 Å². The van der Waals surface area contributed by atoms with Crippen LogP contribution in [-0.2, 0) is 4.79 Å². The van der Waals surface area contributed by atoms with Crippen LogP contribution >= 0.6 is 11.6 Å². The molecule has 116 valence electrons. The SMILES string of the molecule is Cc1cc(N2CC(c3nc4ccccc4[nH]3)CC2=O)ccc1Cl. The number of halogens is 1. The van der Waals surface area contributed by atoms with E-state index in [2.05, 4.69) is 9.97 Å². The van der Waals surface area contributed by atoms with Crippen LogP contribution in [0.1, 0.15) is 23.7 Å². The smallest absolute Gasteiger partial charge is 0.227 e. The summed E-state index contributed by atoms with van der Waals surface area (Å²) in [5, 5.41) is 0.717. The largest absolute Gasteiger partial charge is 0.342 e. The number of imidazole rings is 1. The Morgan fingerprint density at radius 3 is 2.87 bits per heavy atom. The summed E-state index contributed by atoms with van der Waals surface area (Å²) >= 11 is 6.07. The number of hydrogen-bond donors (Lipinski definition) is 1. The van der Waals surface area contributed by atoms with Crippen LogP contribution < -0.4 is 4.90 Å². The highest BCUT2D eigenvalue weighted by Gasteiger charge is 2.33. The zero-order valence-electron chi connectivity index (χ0n) is 12.7. The van der Waals surface area contributed by atoms with Crippen LogP contribution in [0.3, 0.4) is 0 Å². The monoisotopic (exact) mass is 325 g/mol. The van der Waals surface area contributed by atoms with E-state index in [-0.39, 0.29) is 11.8 Å². The van der Waals surface area contributed by atoms with E-state index in [0.717, 1.165) is 28.1 Å². The van der Waals surface area contributed by atoms with Crippen molar-refractivity contribution in [2.75, 3.05) is 11.4 Å². The van der Waals surface area contributed by atoms with E-state index in [4.69, 9.17) is 11.6 Å². The van der Waals surface area contributed by atoms with Gasteiger partial charge in [0, 0.05) is 29.6 Å². The first-order valence-electron chi connectivity index (χ1n) is 7.63. The predicted molar refractivity (Wildman–Crippen MR) is 92.0 cm³/mol. The van der Waals surface area contributed by atoms with Crippen LogP contribution in [0.5, 0.6) is 0 Å². The van der Waals surface area contributed by atoms with Gasteiger partial charge >= 0.3 is 0 Å². The summed E-state index contributed by atoms with van der Waals surface area (Å²) in [6.07, 6.45) is 0.474. The molecule has 0 bridgehead atoms. The van der Waals surface area contributed by atoms with Crippen molar-refractivity contribution in [1.29, 1.82) is 0 Å². The minimum atomic E-state index is 0.0888. The van der Waals surface area contributed by atoms with Gasteiger partial charge in [0.05, 0.1) is 11.0 Å². The van der Waals surface area contributed by atoms with E-state index in [9.17, 15) is 4.79 Å². The molecule has 5 heteroatoms. The summed E-state index contributed by atoms with van der Waals surface area (Å²) in [5.74, 6) is 1.09. The number of hydrogen-bond acceptors (Lipinski definition) is 2. The lowest BCUT2D eigenvalue weighted by Gasteiger charge is -2.17. The van der Waals surface area contributed by atoms with Gasteiger partial charge < -0.3 is 9.88 Å². The van der Waals surface area contributed by atoms with Crippen molar-refractivity contribution in [3.8, 4) is 0 Å². The van der Waals surface area contributed by atoms with Crippen molar-refractivity contribution < 1.29 is 4.79 Å². The van der Waals surface area contributed by atoms with Crippen LogP contribution in [0.4, 0.5) is 5.69 Å². The van der Waals surface area contributed by atoms with E-state index in [1.807, 2.05) is 54.3 Å².